The van der Waals surface area contributed by atoms with Crippen molar-refractivity contribution in [2.45, 2.75) is 13.0 Å². The first kappa shape index (κ1) is 18.1. The van der Waals surface area contributed by atoms with E-state index in [2.05, 4.69) is 10.3 Å². The number of hydrogen-bond acceptors (Lipinski definition) is 3. The Hall–Kier alpha value is -3.29. The fraction of sp³-hybridized carbons (Fsp3) is 0.200. The second-order valence-electron chi connectivity index (χ2n) is 6.54. The minimum atomic E-state index is -1.06. The number of benzene rings is 2. The van der Waals surface area contributed by atoms with E-state index in [1.807, 2.05) is 6.92 Å². The molecular formula is C20H17F3N4O. The summed E-state index contributed by atoms with van der Waals surface area (Å²) in [5, 5.41) is 19.8. The summed E-state index contributed by atoms with van der Waals surface area (Å²) in [6, 6.07) is 10.1. The third kappa shape index (κ3) is 2.90. The van der Waals surface area contributed by atoms with Gasteiger partial charge in [0.25, 0.3) is 0 Å². The first-order valence-corrected chi connectivity index (χ1v) is 8.67. The smallest absolute Gasteiger partial charge is 0.199 e. The normalized spacial score (nSPS) is 11.6. The van der Waals surface area contributed by atoms with E-state index in [9.17, 15) is 18.3 Å². The van der Waals surface area contributed by atoms with Gasteiger partial charge in [-0.2, -0.15) is 0 Å². The highest BCUT2D eigenvalue weighted by Gasteiger charge is 2.19. The van der Waals surface area contributed by atoms with Crippen LogP contribution < -0.4 is 0 Å². The lowest BCUT2D eigenvalue weighted by Crippen LogP contribution is -2.11. The van der Waals surface area contributed by atoms with Crippen LogP contribution in [-0.2, 0) is 0 Å². The molecule has 2 heterocycles. The van der Waals surface area contributed by atoms with Gasteiger partial charge in [-0.25, -0.2) is 17.9 Å². The number of fused-ring (bicyclic) bond motifs is 1. The molecule has 2 aromatic carbocycles. The van der Waals surface area contributed by atoms with Crippen LogP contribution in [0.25, 0.3) is 27.7 Å². The van der Waals surface area contributed by atoms with Gasteiger partial charge in [0.1, 0.15) is 24.9 Å². The average Bonchev–Trinajstić information content (AvgIpc) is 3.24. The van der Waals surface area contributed by atoms with Crippen LogP contribution in [0.5, 0.6) is 5.88 Å². The monoisotopic (exact) mass is 386 g/mol. The first-order chi connectivity index (χ1) is 13.5. The molecule has 1 N–H and O–H groups in total. The molecule has 0 saturated carbocycles. The van der Waals surface area contributed by atoms with Crippen molar-refractivity contribution in [3.05, 3.63) is 60.2 Å². The van der Waals surface area contributed by atoms with Gasteiger partial charge in [0.15, 0.2) is 5.88 Å². The molecule has 144 valence electrons. The predicted molar refractivity (Wildman–Crippen MR) is 99.6 cm³/mol. The summed E-state index contributed by atoms with van der Waals surface area (Å²) in [5.74, 6) is -0.509. The lowest BCUT2D eigenvalue weighted by molar-refractivity contribution is 0.269. The fourth-order valence-electron chi connectivity index (χ4n) is 3.26. The third-order valence-electron chi connectivity index (χ3n) is 4.80. The van der Waals surface area contributed by atoms with E-state index in [0.717, 1.165) is 11.3 Å². The Labute approximate surface area is 158 Å². The summed E-state index contributed by atoms with van der Waals surface area (Å²) < 4.78 is 42.0. The predicted octanol–water partition coefficient (Wildman–Crippen LogP) is 4.52. The molecule has 28 heavy (non-hydrogen) atoms. The summed E-state index contributed by atoms with van der Waals surface area (Å²) in [5.41, 5.74) is 2.79. The summed E-state index contributed by atoms with van der Waals surface area (Å²) in [6.45, 7) is 0.0137. The van der Waals surface area contributed by atoms with Crippen LogP contribution in [0.15, 0.2) is 48.7 Å². The van der Waals surface area contributed by atoms with Crippen LogP contribution in [0.2, 0.25) is 0 Å². The van der Waals surface area contributed by atoms with Crippen LogP contribution in [0.1, 0.15) is 11.7 Å². The molecule has 0 amide bonds. The fourth-order valence-corrected chi connectivity index (χ4v) is 3.26. The van der Waals surface area contributed by atoms with E-state index in [4.69, 9.17) is 0 Å². The minimum Gasteiger partial charge on any atom is -0.494 e. The van der Waals surface area contributed by atoms with Crippen molar-refractivity contribution in [3.8, 4) is 22.8 Å². The van der Waals surface area contributed by atoms with Gasteiger partial charge in [-0.3, -0.25) is 0 Å². The summed E-state index contributed by atoms with van der Waals surface area (Å²) >= 11 is 0. The zero-order valence-corrected chi connectivity index (χ0v) is 15.0. The highest BCUT2D eigenvalue weighted by molar-refractivity contribution is 5.91. The van der Waals surface area contributed by atoms with Crippen LogP contribution in [0.4, 0.5) is 13.2 Å². The highest BCUT2D eigenvalue weighted by Crippen LogP contribution is 2.34. The maximum Gasteiger partial charge on any atom is 0.199 e. The van der Waals surface area contributed by atoms with Crippen LogP contribution in [0, 0.1) is 12.7 Å². The van der Waals surface area contributed by atoms with Gasteiger partial charge in [0, 0.05) is 22.5 Å². The molecule has 0 aliphatic rings. The zero-order valence-electron chi connectivity index (χ0n) is 15.0. The Kier molecular flexibility index (Phi) is 4.54. The number of aromatic nitrogens is 4. The molecule has 4 rings (SSSR count). The van der Waals surface area contributed by atoms with Crippen molar-refractivity contribution >= 4 is 10.8 Å². The molecule has 0 aliphatic carbocycles. The highest BCUT2D eigenvalue weighted by atomic mass is 19.1. The van der Waals surface area contributed by atoms with Crippen LogP contribution >= 0.6 is 0 Å². The van der Waals surface area contributed by atoms with E-state index in [1.165, 1.54) is 22.9 Å². The van der Waals surface area contributed by atoms with Crippen molar-refractivity contribution in [1.29, 1.82) is 0 Å². The minimum absolute atomic E-state index is 0.173. The number of rotatable bonds is 5. The Balaban J connectivity index is 1.77. The van der Waals surface area contributed by atoms with Crippen LogP contribution in [-0.4, -0.2) is 38.0 Å². The molecule has 8 heteroatoms. The molecule has 0 spiro atoms. The molecule has 0 saturated heterocycles. The SMILES string of the molecule is Cc1c(-c2ccc3c(O)n(C(CF)CF)cc3c2)nnn1-c1ccc(F)cc1. The summed E-state index contributed by atoms with van der Waals surface area (Å²) in [7, 11) is 0. The van der Waals surface area contributed by atoms with E-state index in [-0.39, 0.29) is 11.7 Å². The second kappa shape index (κ2) is 7.03. The maximum absolute atomic E-state index is 13.1. The topological polar surface area (TPSA) is 55.9 Å². The van der Waals surface area contributed by atoms with Crippen molar-refractivity contribution in [2.24, 2.45) is 0 Å². The molecule has 0 unspecified atom stereocenters. The van der Waals surface area contributed by atoms with Gasteiger partial charge >= 0.3 is 0 Å². The summed E-state index contributed by atoms with van der Waals surface area (Å²) in [4.78, 5) is 0. The first-order valence-electron chi connectivity index (χ1n) is 8.67. The van der Waals surface area contributed by atoms with E-state index in [0.29, 0.717) is 22.2 Å². The number of nitrogens with zero attached hydrogens (tertiary/aromatic N) is 4. The average molecular weight is 386 g/mol. The van der Waals surface area contributed by atoms with Gasteiger partial charge in [-0.1, -0.05) is 11.3 Å². The molecule has 0 aliphatic heterocycles. The third-order valence-corrected chi connectivity index (χ3v) is 4.80. The maximum atomic E-state index is 13.1. The van der Waals surface area contributed by atoms with Gasteiger partial charge in [-0.15, -0.1) is 5.10 Å². The Morgan fingerprint density at radius 2 is 1.79 bits per heavy atom. The molecule has 0 radical (unpaired) electrons. The second-order valence-corrected chi connectivity index (χ2v) is 6.54. The van der Waals surface area contributed by atoms with Gasteiger partial charge in [0.05, 0.1) is 17.4 Å². The van der Waals surface area contributed by atoms with Crippen molar-refractivity contribution < 1.29 is 18.3 Å². The van der Waals surface area contributed by atoms with E-state index < -0.39 is 19.4 Å². The van der Waals surface area contributed by atoms with Gasteiger partial charge in [-0.05, 0) is 43.3 Å². The largest absolute Gasteiger partial charge is 0.494 e. The number of hydrogen-bond donors (Lipinski definition) is 1. The quantitative estimate of drug-likeness (QED) is 0.549. The Morgan fingerprint density at radius 1 is 1.07 bits per heavy atom. The molecular weight excluding hydrogens is 369 g/mol. The molecule has 2 aromatic heterocycles. The standard InChI is InChI=1S/C20H17F3N4O/c1-12-19(24-25-27(12)16-5-3-15(23)4-6-16)13-2-7-18-14(8-13)11-26(20(18)28)17(9-21)10-22/h2-8,11,17,28H,9-10H2,1H3. The van der Waals surface area contributed by atoms with Crippen LogP contribution in [0.3, 0.4) is 0 Å². The van der Waals surface area contributed by atoms with Crippen molar-refractivity contribution in [1.82, 2.24) is 19.6 Å². The van der Waals surface area contributed by atoms with Gasteiger partial charge < -0.3 is 9.67 Å². The molecule has 4 aromatic rings. The lowest BCUT2D eigenvalue weighted by atomic mass is 10.1. The van der Waals surface area contributed by atoms with Crippen molar-refractivity contribution in [3.63, 3.8) is 0 Å². The van der Waals surface area contributed by atoms with E-state index in [1.54, 1.807) is 35.0 Å². The molecule has 0 fully saturated rings. The lowest BCUT2D eigenvalue weighted by Gasteiger charge is -2.11. The Morgan fingerprint density at radius 3 is 2.46 bits per heavy atom. The molecule has 5 nitrogen and oxygen atoms in total. The number of aromatic hydroxyl groups is 1. The number of alkyl halides is 2. The van der Waals surface area contributed by atoms with Crippen molar-refractivity contribution in [2.75, 3.05) is 13.3 Å². The molecule has 0 atom stereocenters. The summed E-state index contributed by atoms with van der Waals surface area (Å²) in [6.07, 6.45) is 1.53. The Bertz CT molecular complexity index is 1130. The number of halogens is 3. The van der Waals surface area contributed by atoms with E-state index >= 15 is 0 Å². The zero-order chi connectivity index (χ0) is 19.8. The van der Waals surface area contributed by atoms with Gasteiger partial charge in [0.2, 0.25) is 0 Å². The molecule has 0 bridgehead atoms.